The monoisotopic (exact) mass is 363 g/mol. The summed E-state index contributed by atoms with van der Waals surface area (Å²) in [6, 6.07) is 5.51. The normalized spacial score (nSPS) is 16.7. The molecule has 0 bridgehead atoms. The molecule has 0 aliphatic carbocycles. The molecule has 1 saturated heterocycles. The Labute approximate surface area is 142 Å². The first-order valence-corrected chi connectivity index (χ1v) is 8.85. The number of benzene rings is 1. The van der Waals surface area contributed by atoms with Gasteiger partial charge in [-0.1, -0.05) is 19.1 Å². The molecule has 1 heterocycles. The van der Waals surface area contributed by atoms with Crippen molar-refractivity contribution in [2.24, 2.45) is 5.92 Å². The molecule has 1 aliphatic heterocycles. The van der Waals surface area contributed by atoms with Gasteiger partial charge in [0.2, 0.25) is 10.0 Å². The van der Waals surface area contributed by atoms with E-state index in [0.717, 1.165) is 25.9 Å². The van der Waals surface area contributed by atoms with Crippen molar-refractivity contribution in [1.29, 1.82) is 0 Å². The molecular weight excluding hydrogens is 342 g/mol. The molecule has 0 radical (unpaired) electrons. The standard InChI is InChI=1S/C14H21N3O4S.ClH/c1-2-15-11-12-7-9-16(10-8-12)22(20,21)14-6-4-3-5-13(14)17(18)19;/h3-6,12,15H,2,7-11H2,1H3;1H. The number of halogens is 1. The fourth-order valence-corrected chi connectivity index (χ4v) is 4.29. The number of rotatable bonds is 6. The Morgan fingerprint density at radius 1 is 1.30 bits per heavy atom. The molecule has 2 rings (SSSR count). The van der Waals surface area contributed by atoms with Gasteiger partial charge in [0, 0.05) is 19.2 Å². The number of sulfonamides is 1. The van der Waals surface area contributed by atoms with E-state index in [9.17, 15) is 18.5 Å². The lowest BCUT2D eigenvalue weighted by molar-refractivity contribution is -0.387. The van der Waals surface area contributed by atoms with Crippen LogP contribution in [0.3, 0.4) is 0 Å². The van der Waals surface area contributed by atoms with Crippen LogP contribution in [0.2, 0.25) is 0 Å². The molecular formula is C14H22ClN3O4S. The quantitative estimate of drug-likeness (QED) is 0.616. The van der Waals surface area contributed by atoms with E-state index in [-0.39, 0.29) is 23.0 Å². The Balaban J connectivity index is 0.00000264. The Morgan fingerprint density at radius 3 is 2.48 bits per heavy atom. The molecule has 130 valence electrons. The molecule has 1 aliphatic rings. The fraction of sp³-hybridized carbons (Fsp3) is 0.571. The number of para-hydroxylation sites is 1. The van der Waals surface area contributed by atoms with Crippen molar-refractivity contribution in [3.63, 3.8) is 0 Å². The van der Waals surface area contributed by atoms with E-state index in [1.54, 1.807) is 0 Å². The molecule has 7 nitrogen and oxygen atoms in total. The summed E-state index contributed by atoms with van der Waals surface area (Å²) in [7, 11) is -3.81. The third kappa shape index (κ3) is 4.63. The zero-order chi connectivity index (χ0) is 16.2. The average Bonchev–Trinajstić information content (AvgIpc) is 2.53. The van der Waals surface area contributed by atoms with Crippen molar-refractivity contribution in [3.8, 4) is 0 Å². The maximum atomic E-state index is 12.6. The van der Waals surface area contributed by atoms with E-state index < -0.39 is 14.9 Å². The van der Waals surface area contributed by atoms with E-state index in [1.807, 2.05) is 6.92 Å². The molecule has 1 fully saturated rings. The number of piperidine rings is 1. The molecule has 0 atom stereocenters. The van der Waals surface area contributed by atoms with Crippen LogP contribution in [0.15, 0.2) is 29.2 Å². The lowest BCUT2D eigenvalue weighted by Gasteiger charge is -2.31. The Hall–Kier alpha value is -1.22. The van der Waals surface area contributed by atoms with Gasteiger partial charge in [0.05, 0.1) is 4.92 Å². The van der Waals surface area contributed by atoms with Gasteiger partial charge >= 0.3 is 0 Å². The van der Waals surface area contributed by atoms with Crippen LogP contribution in [0.4, 0.5) is 5.69 Å². The second kappa shape index (κ2) is 8.58. The molecule has 1 aromatic carbocycles. The van der Waals surface area contributed by atoms with Crippen molar-refractivity contribution >= 4 is 28.1 Å². The molecule has 1 N–H and O–H groups in total. The summed E-state index contributed by atoms with van der Waals surface area (Å²) < 4.78 is 26.6. The first-order valence-electron chi connectivity index (χ1n) is 7.41. The van der Waals surface area contributed by atoms with Crippen LogP contribution in [0.25, 0.3) is 0 Å². The molecule has 0 amide bonds. The van der Waals surface area contributed by atoms with Crippen LogP contribution < -0.4 is 5.32 Å². The molecule has 0 aromatic heterocycles. The van der Waals surface area contributed by atoms with Gasteiger partial charge in [-0.2, -0.15) is 4.31 Å². The van der Waals surface area contributed by atoms with Crippen LogP contribution in [-0.2, 0) is 10.0 Å². The second-order valence-corrected chi connectivity index (χ2v) is 7.29. The maximum Gasteiger partial charge on any atom is 0.289 e. The smallest absolute Gasteiger partial charge is 0.289 e. The Kier molecular flexibility index (Phi) is 7.40. The summed E-state index contributed by atoms with van der Waals surface area (Å²) in [6.07, 6.45) is 1.54. The average molecular weight is 364 g/mol. The predicted octanol–water partition coefficient (Wildman–Crippen LogP) is 2.03. The highest BCUT2D eigenvalue weighted by Crippen LogP contribution is 2.29. The lowest BCUT2D eigenvalue weighted by atomic mass is 9.98. The van der Waals surface area contributed by atoms with Crippen molar-refractivity contribution in [2.75, 3.05) is 26.2 Å². The van der Waals surface area contributed by atoms with Crippen LogP contribution in [0.1, 0.15) is 19.8 Å². The Bertz CT molecular complexity index is 631. The molecule has 9 heteroatoms. The molecule has 0 unspecified atom stereocenters. The van der Waals surface area contributed by atoms with E-state index in [4.69, 9.17) is 0 Å². The first kappa shape index (κ1) is 19.8. The van der Waals surface area contributed by atoms with Crippen LogP contribution in [0.5, 0.6) is 0 Å². The number of hydrogen-bond donors (Lipinski definition) is 1. The third-order valence-corrected chi connectivity index (χ3v) is 5.88. The van der Waals surface area contributed by atoms with Crippen molar-refractivity contribution in [2.45, 2.75) is 24.7 Å². The fourth-order valence-electron chi connectivity index (χ4n) is 2.67. The van der Waals surface area contributed by atoms with Gasteiger partial charge in [-0.05, 0) is 37.9 Å². The lowest BCUT2D eigenvalue weighted by Crippen LogP contribution is -2.40. The third-order valence-electron chi connectivity index (χ3n) is 3.94. The van der Waals surface area contributed by atoms with Crippen LogP contribution >= 0.6 is 12.4 Å². The summed E-state index contributed by atoms with van der Waals surface area (Å²) in [4.78, 5) is 10.2. The van der Waals surface area contributed by atoms with E-state index in [2.05, 4.69) is 5.32 Å². The number of nitrogens with one attached hydrogen (secondary N) is 1. The van der Waals surface area contributed by atoms with Gasteiger partial charge in [-0.25, -0.2) is 8.42 Å². The summed E-state index contributed by atoms with van der Waals surface area (Å²) >= 11 is 0. The van der Waals surface area contributed by atoms with E-state index in [1.165, 1.54) is 28.6 Å². The van der Waals surface area contributed by atoms with Gasteiger partial charge in [0.1, 0.15) is 0 Å². The number of hydrogen-bond acceptors (Lipinski definition) is 5. The summed E-state index contributed by atoms with van der Waals surface area (Å²) in [5.74, 6) is 0.456. The van der Waals surface area contributed by atoms with Gasteiger partial charge in [-0.3, -0.25) is 10.1 Å². The number of nitrogens with zero attached hydrogens (tertiary/aromatic N) is 2. The van der Waals surface area contributed by atoms with Crippen LogP contribution in [-0.4, -0.2) is 43.8 Å². The van der Waals surface area contributed by atoms with Gasteiger partial charge in [0.25, 0.3) is 5.69 Å². The minimum atomic E-state index is -3.81. The summed E-state index contributed by atoms with van der Waals surface area (Å²) in [6.45, 7) is 4.63. The van der Waals surface area contributed by atoms with Crippen LogP contribution in [0, 0.1) is 16.0 Å². The van der Waals surface area contributed by atoms with Crippen molar-refractivity contribution in [3.05, 3.63) is 34.4 Å². The van der Waals surface area contributed by atoms with Gasteiger partial charge in [0.15, 0.2) is 4.90 Å². The topological polar surface area (TPSA) is 92.6 Å². The van der Waals surface area contributed by atoms with E-state index in [0.29, 0.717) is 19.0 Å². The second-order valence-electron chi connectivity index (χ2n) is 5.38. The zero-order valence-corrected chi connectivity index (χ0v) is 14.6. The zero-order valence-electron chi connectivity index (χ0n) is 13.0. The predicted molar refractivity (Wildman–Crippen MR) is 90.4 cm³/mol. The maximum absolute atomic E-state index is 12.6. The largest absolute Gasteiger partial charge is 0.317 e. The molecule has 0 saturated carbocycles. The minimum absolute atomic E-state index is 0. The highest BCUT2D eigenvalue weighted by Gasteiger charge is 2.33. The first-order chi connectivity index (χ1) is 10.5. The molecule has 23 heavy (non-hydrogen) atoms. The highest BCUT2D eigenvalue weighted by atomic mass is 35.5. The molecule has 1 aromatic rings. The van der Waals surface area contributed by atoms with E-state index >= 15 is 0 Å². The Morgan fingerprint density at radius 2 is 1.91 bits per heavy atom. The summed E-state index contributed by atoms with van der Waals surface area (Å²) in [5, 5.41) is 14.3. The van der Waals surface area contributed by atoms with Gasteiger partial charge in [-0.15, -0.1) is 12.4 Å². The van der Waals surface area contributed by atoms with Gasteiger partial charge < -0.3 is 5.32 Å². The number of nitro benzene ring substituents is 1. The SMILES string of the molecule is CCNCC1CCN(S(=O)(=O)c2ccccc2[N+](=O)[O-])CC1.Cl. The summed E-state index contributed by atoms with van der Waals surface area (Å²) in [5.41, 5.74) is -0.364. The van der Waals surface area contributed by atoms with Crippen molar-refractivity contribution in [1.82, 2.24) is 9.62 Å². The number of nitro groups is 1. The highest BCUT2D eigenvalue weighted by molar-refractivity contribution is 7.89. The van der Waals surface area contributed by atoms with Crippen molar-refractivity contribution < 1.29 is 13.3 Å². The minimum Gasteiger partial charge on any atom is -0.317 e. The molecule has 0 spiro atoms.